The summed E-state index contributed by atoms with van der Waals surface area (Å²) in [5.74, 6) is 0.0612. The van der Waals surface area contributed by atoms with Gasteiger partial charge in [0.25, 0.3) is 5.91 Å². The van der Waals surface area contributed by atoms with E-state index in [2.05, 4.69) is 20.6 Å². The molecule has 0 saturated carbocycles. The molecule has 0 aliphatic heterocycles. The second-order valence-electron chi connectivity index (χ2n) is 5.62. The summed E-state index contributed by atoms with van der Waals surface area (Å²) in [5.41, 5.74) is 3.48. The number of hydrogen-bond donors (Lipinski definition) is 2. The number of para-hydroxylation sites is 1. The fourth-order valence-corrected chi connectivity index (χ4v) is 2.53. The molecule has 1 heterocycles. The maximum Gasteiger partial charge on any atom is 0.274 e. The van der Waals surface area contributed by atoms with Crippen molar-refractivity contribution in [2.45, 2.75) is 13.8 Å². The lowest BCUT2D eigenvalue weighted by Crippen LogP contribution is -2.16. The molecule has 3 rings (SSSR count). The third-order valence-corrected chi connectivity index (χ3v) is 3.80. The van der Waals surface area contributed by atoms with Crippen molar-refractivity contribution in [3.05, 3.63) is 76.6 Å². The van der Waals surface area contributed by atoms with Crippen LogP contribution in [0.15, 0.2) is 54.6 Å². The highest BCUT2D eigenvalue weighted by molar-refractivity contribution is 6.30. The maximum atomic E-state index is 12.5. The van der Waals surface area contributed by atoms with E-state index in [4.69, 9.17) is 11.6 Å². The minimum Gasteiger partial charge on any atom is -0.324 e. The van der Waals surface area contributed by atoms with Crippen LogP contribution in [0.4, 0.5) is 17.3 Å². The lowest BCUT2D eigenvalue weighted by molar-refractivity contribution is 0.102. The van der Waals surface area contributed by atoms with E-state index in [1.165, 1.54) is 0 Å². The summed E-state index contributed by atoms with van der Waals surface area (Å²) in [6.07, 6.45) is 0. The van der Waals surface area contributed by atoms with Gasteiger partial charge in [-0.1, -0.05) is 35.9 Å². The van der Waals surface area contributed by atoms with Crippen molar-refractivity contribution in [2.75, 3.05) is 10.6 Å². The fraction of sp³-hybridized carbons (Fsp3) is 0.105. The Kier molecular flexibility index (Phi) is 4.95. The quantitative estimate of drug-likeness (QED) is 0.711. The number of halogens is 1. The SMILES string of the molecule is Cc1cc(C(=O)Nc2ccccc2C)nc(Nc2cccc(Cl)c2)n1. The standard InChI is InChI=1S/C19H17ClN4O/c1-12-6-3-4-9-16(12)23-18(25)17-10-13(2)21-19(24-17)22-15-8-5-7-14(20)11-15/h3-11H,1-2H3,(H,23,25)(H,21,22,24). The number of amides is 1. The first kappa shape index (κ1) is 16.9. The Bertz CT molecular complexity index is 927. The molecule has 0 spiro atoms. The van der Waals surface area contributed by atoms with Crippen LogP contribution in [0.5, 0.6) is 0 Å². The minimum absolute atomic E-state index is 0.283. The van der Waals surface area contributed by atoms with E-state index in [1.807, 2.05) is 50.2 Å². The van der Waals surface area contributed by atoms with Crippen molar-refractivity contribution >= 4 is 34.8 Å². The summed E-state index contributed by atoms with van der Waals surface area (Å²) in [5, 5.41) is 6.55. The minimum atomic E-state index is -0.283. The monoisotopic (exact) mass is 352 g/mol. The lowest BCUT2D eigenvalue weighted by Gasteiger charge is -2.10. The molecule has 0 unspecified atom stereocenters. The zero-order valence-corrected chi connectivity index (χ0v) is 14.6. The molecular weight excluding hydrogens is 336 g/mol. The van der Waals surface area contributed by atoms with Gasteiger partial charge in [0.05, 0.1) is 0 Å². The van der Waals surface area contributed by atoms with Crippen LogP contribution < -0.4 is 10.6 Å². The largest absolute Gasteiger partial charge is 0.324 e. The molecule has 3 aromatic rings. The van der Waals surface area contributed by atoms with Crippen LogP contribution in [0.2, 0.25) is 5.02 Å². The molecule has 25 heavy (non-hydrogen) atoms. The summed E-state index contributed by atoms with van der Waals surface area (Å²) in [7, 11) is 0. The van der Waals surface area contributed by atoms with Gasteiger partial charge in [-0.05, 0) is 49.7 Å². The van der Waals surface area contributed by atoms with Gasteiger partial charge in [-0.3, -0.25) is 4.79 Å². The zero-order valence-electron chi connectivity index (χ0n) is 13.9. The number of aromatic nitrogens is 2. The predicted molar refractivity (Wildman–Crippen MR) is 101 cm³/mol. The van der Waals surface area contributed by atoms with E-state index in [-0.39, 0.29) is 5.91 Å². The van der Waals surface area contributed by atoms with Crippen LogP contribution in [-0.2, 0) is 0 Å². The first-order valence-electron chi connectivity index (χ1n) is 7.76. The molecule has 0 atom stereocenters. The normalized spacial score (nSPS) is 10.4. The molecule has 1 aromatic heterocycles. The zero-order chi connectivity index (χ0) is 17.8. The van der Waals surface area contributed by atoms with Crippen LogP contribution in [0.25, 0.3) is 0 Å². The number of nitrogens with one attached hydrogen (secondary N) is 2. The van der Waals surface area contributed by atoms with Gasteiger partial charge >= 0.3 is 0 Å². The van der Waals surface area contributed by atoms with Gasteiger partial charge in [0.15, 0.2) is 0 Å². The summed E-state index contributed by atoms with van der Waals surface area (Å²) >= 11 is 5.98. The topological polar surface area (TPSA) is 66.9 Å². The van der Waals surface area contributed by atoms with Crippen molar-refractivity contribution in [2.24, 2.45) is 0 Å². The van der Waals surface area contributed by atoms with Gasteiger partial charge in [-0.15, -0.1) is 0 Å². The highest BCUT2D eigenvalue weighted by Gasteiger charge is 2.12. The second kappa shape index (κ2) is 7.32. The number of nitrogens with zero attached hydrogens (tertiary/aromatic N) is 2. The van der Waals surface area contributed by atoms with Crippen LogP contribution >= 0.6 is 11.6 Å². The fourth-order valence-electron chi connectivity index (χ4n) is 2.34. The summed E-state index contributed by atoms with van der Waals surface area (Å²) in [6.45, 7) is 3.75. The molecule has 5 nitrogen and oxygen atoms in total. The van der Waals surface area contributed by atoms with Gasteiger partial charge in [0.1, 0.15) is 5.69 Å². The van der Waals surface area contributed by atoms with Crippen molar-refractivity contribution in [3.8, 4) is 0 Å². The van der Waals surface area contributed by atoms with Gasteiger partial charge in [0, 0.05) is 22.1 Å². The Morgan fingerprint density at radius 2 is 1.80 bits per heavy atom. The number of carbonyl (C=O) groups excluding carboxylic acids is 1. The lowest BCUT2D eigenvalue weighted by atomic mass is 10.2. The Morgan fingerprint density at radius 3 is 2.56 bits per heavy atom. The van der Waals surface area contributed by atoms with E-state index < -0.39 is 0 Å². The Balaban J connectivity index is 1.83. The number of rotatable bonds is 4. The Labute approximate surface area is 151 Å². The highest BCUT2D eigenvalue weighted by atomic mass is 35.5. The van der Waals surface area contributed by atoms with Crippen molar-refractivity contribution in [3.63, 3.8) is 0 Å². The summed E-state index contributed by atoms with van der Waals surface area (Å²) in [6, 6.07) is 16.5. The number of hydrogen-bond acceptors (Lipinski definition) is 4. The molecule has 126 valence electrons. The predicted octanol–water partition coefficient (Wildman–Crippen LogP) is 4.74. The Morgan fingerprint density at radius 1 is 1.00 bits per heavy atom. The van der Waals surface area contributed by atoms with Crippen LogP contribution in [0.3, 0.4) is 0 Å². The number of anilines is 3. The first-order valence-corrected chi connectivity index (χ1v) is 8.14. The molecular formula is C19H17ClN4O. The first-order chi connectivity index (χ1) is 12.0. The number of benzene rings is 2. The molecule has 2 N–H and O–H groups in total. The highest BCUT2D eigenvalue weighted by Crippen LogP contribution is 2.19. The number of carbonyl (C=O) groups is 1. The Hall–Kier alpha value is -2.92. The van der Waals surface area contributed by atoms with Gasteiger partial charge in [0.2, 0.25) is 5.95 Å². The third-order valence-electron chi connectivity index (χ3n) is 3.56. The van der Waals surface area contributed by atoms with Gasteiger partial charge in [-0.2, -0.15) is 0 Å². The third kappa shape index (κ3) is 4.33. The van der Waals surface area contributed by atoms with Crippen LogP contribution in [0, 0.1) is 13.8 Å². The summed E-state index contributed by atoms with van der Waals surface area (Å²) < 4.78 is 0. The molecule has 1 amide bonds. The van der Waals surface area contributed by atoms with E-state index in [0.717, 1.165) is 16.9 Å². The van der Waals surface area contributed by atoms with Crippen molar-refractivity contribution < 1.29 is 4.79 Å². The average molecular weight is 353 g/mol. The molecule has 0 radical (unpaired) electrons. The van der Waals surface area contributed by atoms with Gasteiger partial charge < -0.3 is 10.6 Å². The van der Waals surface area contributed by atoms with Crippen LogP contribution in [0.1, 0.15) is 21.7 Å². The van der Waals surface area contributed by atoms with Crippen molar-refractivity contribution in [1.29, 1.82) is 0 Å². The van der Waals surface area contributed by atoms with E-state index in [0.29, 0.717) is 22.4 Å². The molecule has 0 aliphatic rings. The molecule has 0 bridgehead atoms. The molecule has 0 fully saturated rings. The average Bonchev–Trinajstić information content (AvgIpc) is 2.56. The van der Waals surface area contributed by atoms with Gasteiger partial charge in [-0.25, -0.2) is 9.97 Å². The molecule has 2 aromatic carbocycles. The maximum absolute atomic E-state index is 12.5. The smallest absolute Gasteiger partial charge is 0.274 e. The van der Waals surface area contributed by atoms with E-state index in [9.17, 15) is 4.79 Å². The molecule has 0 saturated heterocycles. The van der Waals surface area contributed by atoms with E-state index in [1.54, 1.807) is 18.2 Å². The number of aryl methyl sites for hydroxylation is 2. The molecule has 0 aliphatic carbocycles. The van der Waals surface area contributed by atoms with Crippen LogP contribution in [-0.4, -0.2) is 15.9 Å². The van der Waals surface area contributed by atoms with E-state index >= 15 is 0 Å². The summed E-state index contributed by atoms with van der Waals surface area (Å²) in [4.78, 5) is 21.2. The molecule has 6 heteroatoms. The second-order valence-corrected chi connectivity index (χ2v) is 6.06. The van der Waals surface area contributed by atoms with Crippen molar-refractivity contribution in [1.82, 2.24) is 9.97 Å².